The largest absolute Gasteiger partial charge is 0.494 e. The fourth-order valence-electron chi connectivity index (χ4n) is 1.37. The van der Waals surface area contributed by atoms with Gasteiger partial charge in [0.2, 0.25) is 0 Å². The quantitative estimate of drug-likeness (QED) is 0.770. The van der Waals surface area contributed by atoms with Crippen molar-refractivity contribution in [3.63, 3.8) is 0 Å². The van der Waals surface area contributed by atoms with Gasteiger partial charge < -0.3 is 10.1 Å². The van der Waals surface area contributed by atoms with Crippen LogP contribution in [0.4, 0.5) is 5.69 Å². The molecule has 0 unspecified atom stereocenters. The maximum atomic E-state index is 5.49. The van der Waals surface area contributed by atoms with Crippen LogP contribution in [0.5, 0.6) is 5.75 Å². The molecule has 1 aromatic carbocycles. The lowest BCUT2D eigenvalue weighted by atomic mass is 10.1. The van der Waals surface area contributed by atoms with E-state index in [4.69, 9.17) is 4.74 Å². The molecule has 1 rings (SSSR count). The molecular weight excluding hydrogens is 162 g/mol. The fourth-order valence-corrected chi connectivity index (χ4v) is 1.37. The van der Waals surface area contributed by atoms with Gasteiger partial charge in [0.25, 0.3) is 0 Å². The average Bonchev–Trinajstić information content (AvgIpc) is 2.11. The Hall–Kier alpha value is -1.18. The van der Waals surface area contributed by atoms with Gasteiger partial charge in [0.15, 0.2) is 0 Å². The van der Waals surface area contributed by atoms with E-state index in [0.29, 0.717) is 0 Å². The summed E-state index contributed by atoms with van der Waals surface area (Å²) in [4.78, 5) is 0. The van der Waals surface area contributed by atoms with E-state index in [-0.39, 0.29) is 0 Å². The van der Waals surface area contributed by atoms with E-state index in [1.807, 2.05) is 14.0 Å². The van der Waals surface area contributed by atoms with Crippen molar-refractivity contribution in [3.8, 4) is 5.75 Å². The summed E-state index contributed by atoms with van der Waals surface area (Å²) in [6, 6.07) is 4.19. The second-order valence-electron chi connectivity index (χ2n) is 3.12. The Balaban J connectivity index is 3.05. The van der Waals surface area contributed by atoms with Crippen LogP contribution in [0.1, 0.15) is 18.1 Å². The third kappa shape index (κ3) is 2.14. The molecule has 0 fully saturated rings. The molecule has 13 heavy (non-hydrogen) atoms. The van der Waals surface area contributed by atoms with E-state index >= 15 is 0 Å². The van der Waals surface area contributed by atoms with Gasteiger partial charge in [-0.2, -0.15) is 0 Å². The van der Waals surface area contributed by atoms with Crippen molar-refractivity contribution in [3.05, 3.63) is 23.3 Å². The molecule has 0 saturated carbocycles. The second-order valence-corrected chi connectivity index (χ2v) is 3.12. The van der Waals surface area contributed by atoms with Crippen molar-refractivity contribution in [2.24, 2.45) is 0 Å². The second kappa shape index (κ2) is 4.17. The van der Waals surface area contributed by atoms with Crippen LogP contribution in [0.15, 0.2) is 12.1 Å². The Morgan fingerprint density at radius 1 is 1.23 bits per heavy atom. The summed E-state index contributed by atoms with van der Waals surface area (Å²) in [5.74, 6) is 0.985. The van der Waals surface area contributed by atoms with Crippen LogP contribution >= 0.6 is 0 Å². The first kappa shape index (κ1) is 9.90. The number of ether oxygens (including phenoxy) is 1. The minimum atomic E-state index is 0.721. The molecule has 72 valence electrons. The highest BCUT2D eigenvalue weighted by Gasteiger charge is 2.03. The summed E-state index contributed by atoms with van der Waals surface area (Å²) < 4.78 is 5.49. The van der Waals surface area contributed by atoms with Crippen molar-refractivity contribution in [2.75, 3.05) is 19.0 Å². The molecule has 0 aliphatic heterocycles. The first-order valence-corrected chi connectivity index (χ1v) is 4.60. The highest BCUT2D eigenvalue weighted by Crippen LogP contribution is 2.25. The lowest BCUT2D eigenvalue weighted by Crippen LogP contribution is -1.97. The van der Waals surface area contributed by atoms with E-state index in [2.05, 4.69) is 31.3 Å². The lowest BCUT2D eigenvalue weighted by Gasteiger charge is -2.11. The van der Waals surface area contributed by atoms with E-state index in [1.54, 1.807) is 0 Å². The Morgan fingerprint density at radius 2 is 1.92 bits per heavy atom. The summed E-state index contributed by atoms with van der Waals surface area (Å²) >= 11 is 0. The van der Waals surface area contributed by atoms with Crippen LogP contribution in [0.25, 0.3) is 0 Å². The van der Waals surface area contributed by atoms with Gasteiger partial charge >= 0.3 is 0 Å². The number of hydrogen-bond donors (Lipinski definition) is 1. The monoisotopic (exact) mass is 179 g/mol. The molecule has 0 aliphatic carbocycles. The Labute approximate surface area is 79.9 Å². The number of nitrogens with one attached hydrogen (secondary N) is 1. The fraction of sp³-hybridized carbons (Fsp3) is 0.455. The number of hydrogen-bond acceptors (Lipinski definition) is 2. The van der Waals surface area contributed by atoms with E-state index < -0.39 is 0 Å². The third-order valence-corrected chi connectivity index (χ3v) is 2.09. The molecule has 1 N–H and O–H groups in total. The van der Waals surface area contributed by atoms with Gasteiger partial charge in [-0.25, -0.2) is 0 Å². The number of rotatable bonds is 3. The van der Waals surface area contributed by atoms with Crippen molar-refractivity contribution in [1.82, 2.24) is 0 Å². The highest BCUT2D eigenvalue weighted by atomic mass is 16.5. The van der Waals surface area contributed by atoms with Crippen LogP contribution in [-0.4, -0.2) is 13.7 Å². The molecule has 0 atom stereocenters. The van der Waals surface area contributed by atoms with Crippen molar-refractivity contribution < 1.29 is 4.74 Å². The average molecular weight is 179 g/mol. The van der Waals surface area contributed by atoms with Crippen LogP contribution < -0.4 is 10.1 Å². The third-order valence-electron chi connectivity index (χ3n) is 2.09. The molecule has 0 radical (unpaired) electrons. The SMILES string of the molecule is CCOc1cc(C)c(NC)cc1C. The number of aryl methyl sites for hydroxylation is 2. The Morgan fingerprint density at radius 3 is 2.46 bits per heavy atom. The van der Waals surface area contributed by atoms with Gasteiger partial charge in [0.1, 0.15) is 5.75 Å². The van der Waals surface area contributed by atoms with Gasteiger partial charge in [0.05, 0.1) is 6.61 Å². The molecule has 0 spiro atoms. The molecule has 0 heterocycles. The molecule has 0 bridgehead atoms. The maximum Gasteiger partial charge on any atom is 0.122 e. The molecule has 0 aliphatic rings. The summed E-state index contributed by atoms with van der Waals surface area (Å²) in [6.07, 6.45) is 0. The first-order valence-electron chi connectivity index (χ1n) is 4.60. The Bertz CT molecular complexity index is 294. The zero-order chi connectivity index (χ0) is 9.84. The number of benzene rings is 1. The predicted molar refractivity (Wildman–Crippen MR) is 56.6 cm³/mol. The molecule has 2 heteroatoms. The van der Waals surface area contributed by atoms with E-state index in [9.17, 15) is 0 Å². The standard InChI is InChI=1S/C11H17NO/c1-5-13-11-7-8(2)10(12-4)6-9(11)3/h6-7,12H,5H2,1-4H3. The highest BCUT2D eigenvalue weighted by molar-refractivity contribution is 5.56. The minimum Gasteiger partial charge on any atom is -0.494 e. The smallest absolute Gasteiger partial charge is 0.122 e. The van der Waals surface area contributed by atoms with Gasteiger partial charge in [0, 0.05) is 12.7 Å². The summed E-state index contributed by atoms with van der Waals surface area (Å²) in [7, 11) is 1.93. The van der Waals surface area contributed by atoms with E-state index in [0.717, 1.165) is 12.4 Å². The van der Waals surface area contributed by atoms with Crippen LogP contribution in [0.2, 0.25) is 0 Å². The molecule has 2 nitrogen and oxygen atoms in total. The van der Waals surface area contributed by atoms with Gasteiger partial charge in [-0.1, -0.05) is 0 Å². The van der Waals surface area contributed by atoms with Gasteiger partial charge in [-0.3, -0.25) is 0 Å². The zero-order valence-electron chi connectivity index (χ0n) is 8.77. The zero-order valence-corrected chi connectivity index (χ0v) is 8.77. The number of anilines is 1. The van der Waals surface area contributed by atoms with Gasteiger partial charge in [-0.05, 0) is 44.0 Å². The molecule has 0 saturated heterocycles. The topological polar surface area (TPSA) is 21.3 Å². The van der Waals surface area contributed by atoms with Gasteiger partial charge in [-0.15, -0.1) is 0 Å². The molecule has 0 aromatic heterocycles. The van der Waals surface area contributed by atoms with E-state index in [1.165, 1.54) is 16.8 Å². The van der Waals surface area contributed by atoms with Crippen molar-refractivity contribution in [2.45, 2.75) is 20.8 Å². The minimum absolute atomic E-state index is 0.721. The van der Waals surface area contributed by atoms with Crippen LogP contribution in [0.3, 0.4) is 0 Å². The Kier molecular flexibility index (Phi) is 3.18. The predicted octanol–water partition coefficient (Wildman–Crippen LogP) is 2.74. The van der Waals surface area contributed by atoms with Crippen molar-refractivity contribution in [1.29, 1.82) is 0 Å². The molecule has 1 aromatic rings. The van der Waals surface area contributed by atoms with Crippen LogP contribution in [-0.2, 0) is 0 Å². The van der Waals surface area contributed by atoms with Crippen LogP contribution in [0, 0.1) is 13.8 Å². The molecule has 0 amide bonds. The lowest BCUT2D eigenvalue weighted by molar-refractivity contribution is 0.338. The first-order chi connectivity index (χ1) is 6.19. The van der Waals surface area contributed by atoms with Crippen molar-refractivity contribution >= 4 is 5.69 Å². The summed E-state index contributed by atoms with van der Waals surface area (Å²) in [5.41, 5.74) is 3.56. The summed E-state index contributed by atoms with van der Waals surface area (Å²) in [6.45, 7) is 6.86. The molecular formula is C11H17NO. The summed E-state index contributed by atoms with van der Waals surface area (Å²) in [5, 5.41) is 3.15. The normalized spacial score (nSPS) is 9.85. The maximum absolute atomic E-state index is 5.49.